The summed E-state index contributed by atoms with van der Waals surface area (Å²) >= 11 is 0. The van der Waals surface area contributed by atoms with E-state index in [0.29, 0.717) is 19.1 Å². The third kappa shape index (κ3) is 8.60. The fourth-order valence-corrected chi connectivity index (χ4v) is 2.17. The van der Waals surface area contributed by atoms with Crippen LogP contribution >= 0.6 is 0 Å². The minimum atomic E-state index is -0.0739. The maximum absolute atomic E-state index is 11.4. The predicted molar refractivity (Wildman–Crippen MR) is 79.0 cm³/mol. The summed E-state index contributed by atoms with van der Waals surface area (Å²) in [7, 11) is 0. The van der Waals surface area contributed by atoms with Crippen LogP contribution in [0.1, 0.15) is 51.9 Å². The maximum Gasteiger partial charge on any atom is 0.305 e. The van der Waals surface area contributed by atoms with Crippen molar-refractivity contribution in [1.29, 1.82) is 0 Å². The van der Waals surface area contributed by atoms with Crippen molar-refractivity contribution >= 4 is 5.97 Å². The van der Waals surface area contributed by atoms with E-state index in [4.69, 9.17) is 4.74 Å². The van der Waals surface area contributed by atoms with Crippen LogP contribution in [0, 0.1) is 0 Å². The van der Waals surface area contributed by atoms with E-state index in [2.05, 4.69) is 36.5 Å². The van der Waals surface area contributed by atoms with Crippen molar-refractivity contribution in [3.05, 3.63) is 24.3 Å². The number of carbonyl (C=O) groups is 1. The second-order valence-electron chi connectivity index (χ2n) is 4.97. The molecule has 0 aromatic heterocycles. The van der Waals surface area contributed by atoms with Gasteiger partial charge >= 0.3 is 5.97 Å². The standard InChI is InChI=1S/C16H27NO2/c1-2-10-15-11-8-6-4-3-5-7-9-12-16(18)19-14-13-17-15/h3,5-6,8,15,17H,2,4,7,9-14H2,1H3/b5-3-,8-6-/t15-/m1/s1. The first-order chi connectivity index (χ1) is 9.33. The van der Waals surface area contributed by atoms with Gasteiger partial charge in [0.15, 0.2) is 0 Å². The van der Waals surface area contributed by atoms with E-state index in [1.54, 1.807) is 0 Å². The minimum absolute atomic E-state index is 0.0739. The third-order valence-corrected chi connectivity index (χ3v) is 3.21. The van der Waals surface area contributed by atoms with Gasteiger partial charge in [-0.15, -0.1) is 0 Å². The number of carbonyl (C=O) groups excluding carboxylic acids is 1. The molecule has 0 aliphatic carbocycles. The molecular formula is C16H27NO2. The van der Waals surface area contributed by atoms with Crippen LogP contribution < -0.4 is 5.32 Å². The summed E-state index contributed by atoms with van der Waals surface area (Å²) in [4.78, 5) is 11.4. The van der Waals surface area contributed by atoms with Gasteiger partial charge in [-0.2, -0.15) is 0 Å². The summed E-state index contributed by atoms with van der Waals surface area (Å²) in [5.74, 6) is -0.0739. The molecule has 1 N–H and O–H groups in total. The molecule has 0 bridgehead atoms. The van der Waals surface area contributed by atoms with E-state index in [0.717, 1.165) is 38.6 Å². The highest BCUT2D eigenvalue weighted by Gasteiger charge is 2.06. The molecule has 0 unspecified atom stereocenters. The molecule has 108 valence electrons. The fraction of sp³-hybridized carbons (Fsp3) is 0.688. The van der Waals surface area contributed by atoms with Gasteiger partial charge in [0, 0.05) is 19.0 Å². The van der Waals surface area contributed by atoms with Crippen LogP contribution in [0.5, 0.6) is 0 Å². The SMILES string of the molecule is CCC[C@@H]1C/C=C\C/C=C\CCCC(=O)OCCN1. The Balaban J connectivity index is 2.42. The first kappa shape index (κ1) is 16.0. The van der Waals surface area contributed by atoms with E-state index in [9.17, 15) is 4.79 Å². The number of esters is 1. The monoisotopic (exact) mass is 265 g/mol. The van der Waals surface area contributed by atoms with Crippen molar-refractivity contribution in [3.8, 4) is 0 Å². The van der Waals surface area contributed by atoms with E-state index >= 15 is 0 Å². The Labute approximate surface area is 117 Å². The highest BCUT2D eigenvalue weighted by Crippen LogP contribution is 2.05. The quantitative estimate of drug-likeness (QED) is 0.614. The second kappa shape index (κ2) is 10.8. The molecule has 0 radical (unpaired) electrons. The Bertz CT molecular complexity index is 297. The van der Waals surface area contributed by atoms with E-state index in [-0.39, 0.29) is 5.97 Å². The summed E-state index contributed by atoms with van der Waals surface area (Å²) in [6.07, 6.45) is 15.5. The number of hydrogen-bond acceptors (Lipinski definition) is 3. The summed E-state index contributed by atoms with van der Waals surface area (Å²) in [6, 6.07) is 0.494. The van der Waals surface area contributed by atoms with Crippen LogP contribution in [0.3, 0.4) is 0 Å². The Morgan fingerprint density at radius 1 is 1.32 bits per heavy atom. The van der Waals surface area contributed by atoms with Crippen LogP contribution in [0.25, 0.3) is 0 Å². The van der Waals surface area contributed by atoms with Gasteiger partial charge in [0.2, 0.25) is 0 Å². The summed E-state index contributed by atoms with van der Waals surface area (Å²) in [6.45, 7) is 3.44. The lowest BCUT2D eigenvalue weighted by atomic mass is 10.1. The van der Waals surface area contributed by atoms with Crippen molar-refractivity contribution in [1.82, 2.24) is 5.32 Å². The molecule has 3 heteroatoms. The Morgan fingerprint density at radius 2 is 2.16 bits per heavy atom. The fourth-order valence-electron chi connectivity index (χ4n) is 2.17. The molecule has 1 atom stereocenters. The zero-order valence-corrected chi connectivity index (χ0v) is 12.1. The van der Waals surface area contributed by atoms with Crippen LogP contribution in [0.15, 0.2) is 24.3 Å². The van der Waals surface area contributed by atoms with Crippen LogP contribution in [0.2, 0.25) is 0 Å². The molecule has 0 saturated carbocycles. The Hall–Kier alpha value is -1.09. The number of allylic oxidation sites excluding steroid dienone is 3. The zero-order chi connectivity index (χ0) is 13.8. The largest absolute Gasteiger partial charge is 0.464 e. The molecule has 19 heavy (non-hydrogen) atoms. The first-order valence-electron chi connectivity index (χ1n) is 7.52. The minimum Gasteiger partial charge on any atom is -0.464 e. The lowest BCUT2D eigenvalue weighted by Crippen LogP contribution is -2.32. The van der Waals surface area contributed by atoms with E-state index < -0.39 is 0 Å². The van der Waals surface area contributed by atoms with Crippen LogP contribution in [0.4, 0.5) is 0 Å². The van der Waals surface area contributed by atoms with Gasteiger partial charge in [-0.1, -0.05) is 37.6 Å². The number of hydrogen-bond donors (Lipinski definition) is 1. The van der Waals surface area contributed by atoms with Gasteiger partial charge in [-0.05, 0) is 32.1 Å². The summed E-state index contributed by atoms with van der Waals surface area (Å²) < 4.78 is 5.20. The first-order valence-corrected chi connectivity index (χ1v) is 7.52. The normalized spacial score (nSPS) is 26.8. The van der Waals surface area contributed by atoms with E-state index in [1.807, 2.05) is 0 Å². The lowest BCUT2D eigenvalue weighted by Gasteiger charge is -2.16. The highest BCUT2D eigenvalue weighted by atomic mass is 16.5. The van der Waals surface area contributed by atoms with Crippen molar-refractivity contribution in [2.45, 2.75) is 57.9 Å². The van der Waals surface area contributed by atoms with Crippen LogP contribution in [-0.2, 0) is 9.53 Å². The van der Waals surface area contributed by atoms with Gasteiger partial charge in [-0.25, -0.2) is 0 Å². The summed E-state index contributed by atoms with van der Waals surface area (Å²) in [5, 5.41) is 3.46. The lowest BCUT2D eigenvalue weighted by molar-refractivity contribution is -0.143. The molecule has 0 aromatic rings. The summed E-state index contributed by atoms with van der Waals surface area (Å²) in [5.41, 5.74) is 0. The maximum atomic E-state index is 11.4. The van der Waals surface area contributed by atoms with E-state index in [1.165, 1.54) is 6.42 Å². The second-order valence-corrected chi connectivity index (χ2v) is 4.97. The third-order valence-electron chi connectivity index (χ3n) is 3.21. The van der Waals surface area contributed by atoms with Gasteiger partial charge in [0.25, 0.3) is 0 Å². The molecule has 0 spiro atoms. The van der Waals surface area contributed by atoms with Gasteiger partial charge in [0.05, 0.1) is 0 Å². The molecule has 3 nitrogen and oxygen atoms in total. The molecule has 1 heterocycles. The highest BCUT2D eigenvalue weighted by molar-refractivity contribution is 5.69. The number of nitrogens with one attached hydrogen (secondary N) is 1. The molecule has 0 aromatic carbocycles. The average Bonchev–Trinajstić information content (AvgIpc) is 2.41. The molecule has 0 amide bonds. The van der Waals surface area contributed by atoms with Crippen LogP contribution in [-0.4, -0.2) is 25.2 Å². The molecule has 0 saturated heterocycles. The van der Waals surface area contributed by atoms with Gasteiger partial charge in [-0.3, -0.25) is 4.79 Å². The number of ether oxygens (including phenoxy) is 1. The van der Waals surface area contributed by atoms with Gasteiger partial charge in [0.1, 0.15) is 6.61 Å². The number of cyclic esters (lactones) is 1. The van der Waals surface area contributed by atoms with Crippen molar-refractivity contribution < 1.29 is 9.53 Å². The molecule has 1 aliphatic rings. The average molecular weight is 265 g/mol. The van der Waals surface area contributed by atoms with Gasteiger partial charge < -0.3 is 10.1 Å². The molecular weight excluding hydrogens is 238 g/mol. The topological polar surface area (TPSA) is 38.3 Å². The smallest absolute Gasteiger partial charge is 0.305 e. The Kier molecular flexibility index (Phi) is 9.07. The molecule has 1 aliphatic heterocycles. The zero-order valence-electron chi connectivity index (χ0n) is 12.1. The Morgan fingerprint density at radius 3 is 3.00 bits per heavy atom. The van der Waals surface area contributed by atoms with Crippen molar-refractivity contribution in [3.63, 3.8) is 0 Å². The van der Waals surface area contributed by atoms with Crippen molar-refractivity contribution in [2.24, 2.45) is 0 Å². The number of rotatable bonds is 2. The van der Waals surface area contributed by atoms with Crippen molar-refractivity contribution in [2.75, 3.05) is 13.2 Å². The predicted octanol–water partition coefficient (Wildman–Crippen LogP) is 3.36. The molecule has 0 fully saturated rings. The molecule has 1 rings (SSSR count).